The second kappa shape index (κ2) is 8.70. The second-order valence-corrected chi connectivity index (χ2v) is 6.74. The maximum atomic E-state index is 12.5. The van der Waals surface area contributed by atoms with Gasteiger partial charge in [-0.3, -0.25) is 9.59 Å². The number of hydrogen-bond acceptors (Lipinski definition) is 2. The highest BCUT2D eigenvalue weighted by atomic mass is 16.2. The van der Waals surface area contributed by atoms with E-state index in [1.807, 2.05) is 26.0 Å². The van der Waals surface area contributed by atoms with Gasteiger partial charge < -0.3 is 10.6 Å². The number of rotatable bonds is 4. The number of carbonyl (C=O) groups is 2. The summed E-state index contributed by atoms with van der Waals surface area (Å²) < 4.78 is 0. The number of carbonyl (C=O) groups excluding carboxylic acids is 2. The standard InChI is InChI=1S/C19H28N2O2/c1-14(2)18(22)21-17-12-8-9-15(13-17)19(23)20-16-10-6-4-3-5-7-11-16/h8-9,12-14,16H,3-7,10-11H2,1-2H3,(H,20,23)(H,21,22). The minimum atomic E-state index is -0.0811. The fraction of sp³-hybridized carbons (Fsp3) is 0.579. The number of benzene rings is 1. The van der Waals surface area contributed by atoms with Crippen LogP contribution in [0.4, 0.5) is 5.69 Å². The van der Waals surface area contributed by atoms with Gasteiger partial charge in [-0.2, -0.15) is 0 Å². The van der Waals surface area contributed by atoms with Gasteiger partial charge >= 0.3 is 0 Å². The van der Waals surface area contributed by atoms with E-state index < -0.39 is 0 Å². The number of anilines is 1. The molecule has 23 heavy (non-hydrogen) atoms. The van der Waals surface area contributed by atoms with Crippen LogP contribution in [-0.2, 0) is 4.79 Å². The van der Waals surface area contributed by atoms with E-state index in [1.165, 1.54) is 32.1 Å². The van der Waals surface area contributed by atoms with Crippen molar-refractivity contribution in [2.45, 2.75) is 64.8 Å². The summed E-state index contributed by atoms with van der Waals surface area (Å²) in [5.41, 5.74) is 1.28. The molecule has 0 aliphatic heterocycles. The molecule has 2 N–H and O–H groups in total. The summed E-state index contributed by atoms with van der Waals surface area (Å²) >= 11 is 0. The first-order chi connectivity index (χ1) is 11.1. The molecular formula is C19H28N2O2. The molecule has 0 saturated heterocycles. The topological polar surface area (TPSA) is 58.2 Å². The van der Waals surface area contributed by atoms with Crippen LogP contribution in [0.2, 0.25) is 0 Å². The molecule has 0 atom stereocenters. The average molecular weight is 316 g/mol. The summed E-state index contributed by atoms with van der Waals surface area (Å²) in [6.45, 7) is 3.70. The summed E-state index contributed by atoms with van der Waals surface area (Å²) in [5, 5.41) is 5.99. The van der Waals surface area contributed by atoms with Crippen molar-refractivity contribution in [3.05, 3.63) is 29.8 Å². The Hall–Kier alpha value is -1.84. The predicted molar refractivity (Wildman–Crippen MR) is 93.5 cm³/mol. The molecule has 0 radical (unpaired) electrons. The number of amides is 2. The zero-order valence-electron chi connectivity index (χ0n) is 14.2. The van der Waals surface area contributed by atoms with E-state index in [2.05, 4.69) is 10.6 Å². The SMILES string of the molecule is CC(C)C(=O)Nc1cccc(C(=O)NC2CCCCCCC2)c1. The Labute approximate surface area is 139 Å². The van der Waals surface area contributed by atoms with Crippen molar-refractivity contribution >= 4 is 17.5 Å². The minimum Gasteiger partial charge on any atom is -0.349 e. The zero-order valence-corrected chi connectivity index (χ0v) is 14.2. The molecule has 1 aromatic carbocycles. The second-order valence-electron chi connectivity index (χ2n) is 6.74. The third kappa shape index (κ3) is 5.70. The minimum absolute atomic E-state index is 0.0393. The molecule has 1 fully saturated rings. The van der Waals surface area contributed by atoms with Crippen LogP contribution < -0.4 is 10.6 Å². The lowest BCUT2D eigenvalue weighted by molar-refractivity contribution is -0.118. The first kappa shape index (κ1) is 17.5. The van der Waals surface area contributed by atoms with E-state index in [0.717, 1.165) is 12.8 Å². The van der Waals surface area contributed by atoms with Crippen molar-refractivity contribution in [1.29, 1.82) is 0 Å². The largest absolute Gasteiger partial charge is 0.349 e. The molecule has 0 aromatic heterocycles. The van der Waals surface area contributed by atoms with Crippen LogP contribution in [0.1, 0.15) is 69.2 Å². The highest BCUT2D eigenvalue weighted by Crippen LogP contribution is 2.18. The molecule has 0 bridgehead atoms. The molecule has 126 valence electrons. The predicted octanol–water partition coefficient (Wildman–Crippen LogP) is 4.12. The fourth-order valence-corrected chi connectivity index (χ4v) is 2.89. The van der Waals surface area contributed by atoms with Crippen molar-refractivity contribution in [3.8, 4) is 0 Å². The van der Waals surface area contributed by atoms with E-state index in [4.69, 9.17) is 0 Å². The smallest absolute Gasteiger partial charge is 0.251 e. The van der Waals surface area contributed by atoms with Crippen molar-refractivity contribution in [2.24, 2.45) is 5.92 Å². The first-order valence-electron chi connectivity index (χ1n) is 8.78. The molecular weight excluding hydrogens is 288 g/mol. The lowest BCUT2D eigenvalue weighted by Crippen LogP contribution is -2.35. The Balaban J connectivity index is 1.97. The van der Waals surface area contributed by atoms with Gasteiger partial charge in [0.15, 0.2) is 0 Å². The molecule has 0 spiro atoms. The van der Waals surface area contributed by atoms with Crippen molar-refractivity contribution in [2.75, 3.05) is 5.32 Å². The lowest BCUT2D eigenvalue weighted by atomic mass is 9.96. The maximum Gasteiger partial charge on any atom is 0.251 e. The van der Waals surface area contributed by atoms with Crippen LogP contribution in [0.5, 0.6) is 0 Å². The Morgan fingerprint density at radius 1 is 1.04 bits per heavy atom. The van der Waals surface area contributed by atoms with Gasteiger partial charge in [-0.15, -0.1) is 0 Å². The Morgan fingerprint density at radius 3 is 2.35 bits per heavy atom. The van der Waals surface area contributed by atoms with Gasteiger partial charge in [0.2, 0.25) is 5.91 Å². The monoisotopic (exact) mass is 316 g/mol. The van der Waals surface area contributed by atoms with Crippen LogP contribution in [0.3, 0.4) is 0 Å². The van der Waals surface area contributed by atoms with E-state index >= 15 is 0 Å². The third-order valence-corrected chi connectivity index (χ3v) is 4.36. The maximum absolute atomic E-state index is 12.5. The van der Waals surface area contributed by atoms with Crippen molar-refractivity contribution in [3.63, 3.8) is 0 Å². The molecule has 4 nitrogen and oxygen atoms in total. The summed E-state index contributed by atoms with van der Waals surface area (Å²) in [6.07, 6.45) is 8.36. The molecule has 0 heterocycles. The molecule has 1 aliphatic rings. The molecule has 1 aromatic rings. The van der Waals surface area contributed by atoms with Gasteiger partial charge in [0.1, 0.15) is 0 Å². The van der Waals surface area contributed by atoms with E-state index in [0.29, 0.717) is 11.3 Å². The highest BCUT2D eigenvalue weighted by Gasteiger charge is 2.16. The van der Waals surface area contributed by atoms with E-state index in [1.54, 1.807) is 12.1 Å². The lowest BCUT2D eigenvalue weighted by Gasteiger charge is -2.21. The van der Waals surface area contributed by atoms with Gasteiger partial charge in [0, 0.05) is 23.2 Å². The first-order valence-corrected chi connectivity index (χ1v) is 8.78. The number of hydrogen-bond donors (Lipinski definition) is 2. The molecule has 1 saturated carbocycles. The van der Waals surface area contributed by atoms with Gasteiger partial charge in [-0.1, -0.05) is 52.0 Å². The highest BCUT2D eigenvalue weighted by molar-refractivity contribution is 5.97. The van der Waals surface area contributed by atoms with Crippen molar-refractivity contribution < 1.29 is 9.59 Å². The number of nitrogens with one attached hydrogen (secondary N) is 2. The van der Waals surface area contributed by atoms with Gasteiger partial charge in [0.25, 0.3) is 5.91 Å². The van der Waals surface area contributed by atoms with Crippen LogP contribution in [0, 0.1) is 5.92 Å². The van der Waals surface area contributed by atoms with Crippen LogP contribution in [0.25, 0.3) is 0 Å². The quantitative estimate of drug-likeness (QED) is 0.877. The van der Waals surface area contributed by atoms with E-state index in [9.17, 15) is 9.59 Å². The third-order valence-electron chi connectivity index (χ3n) is 4.36. The molecule has 4 heteroatoms. The molecule has 1 aliphatic carbocycles. The molecule has 2 amide bonds. The summed E-state index contributed by atoms with van der Waals surface area (Å²) in [6, 6.07) is 7.44. The van der Waals surface area contributed by atoms with E-state index in [-0.39, 0.29) is 23.8 Å². The molecule has 2 rings (SSSR count). The van der Waals surface area contributed by atoms with Crippen molar-refractivity contribution in [1.82, 2.24) is 5.32 Å². The fourth-order valence-electron chi connectivity index (χ4n) is 2.89. The Morgan fingerprint density at radius 2 is 1.70 bits per heavy atom. The summed E-state index contributed by atoms with van der Waals surface area (Å²) in [4.78, 5) is 24.2. The van der Waals surface area contributed by atoms with Gasteiger partial charge in [-0.25, -0.2) is 0 Å². The van der Waals surface area contributed by atoms with Crippen LogP contribution in [-0.4, -0.2) is 17.9 Å². The average Bonchev–Trinajstić information content (AvgIpc) is 2.50. The summed E-state index contributed by atoms with van der Waals surface area (Å²) in [7, 11) is 0. The normalized spacial score (nSPS) is 16.5. The zero-order chi connectivity index (χ0) is 16.7. The van der Waals surface area contributed by atoms with Crippen LogP contribution in [0.15, 0.2) is 24.3 Å². The Kier molecular flexibility index (Phi) is 6.63. The molecule has 0 unspecified atom stereocenters. The van der Waals surface area contributed by atoms with Crippen LogP contribution >= 0.6 is 0 Å². The Bertz CT molecular complexity index is 532. The van der Waals surface area contributed by atoms with Gasteiger partial charge in [0.05, 0.1) is 0 Å². The van der Waals surface area contributed by atoms with Gasteiger partial charge in [-0.05, 0) is 31.0 Å². The summed E-state index contributed by atoms with van der Waals surface area (Å²) in [5.74, 6) is -0.166.